The minimum absolute atomic E-state index is 0.800. The van der Waals surface area contributed by atoms with Gasteiger partial charge in [0.2, 0.25) is 5.95 Å². The first-order chi connectivity index (χ1) is 7.81. The number of anilines is 1. The lowest BCUT2D eigenvalue weighted by Crippen LogP contribution is -2.08. The van der Waals surface area contributed by atoms with Gasteiger partial charge in [-0.3, -0.25) is 5.10 Å². The van der Waals surface area contributed by atoms with Crippen molar-refractivity contribution < 1.29 is 0 Å². The predicted molar refractivity (Wildman–Crippen MR) is 63.4 cm³/mol. The van der Waals surface area contributed by atoms with Gasteiger partial charge in [-0.25, -0.2) is 4.98 Å². The van der Waals surface area contributed by atoms with Crippen molar-refractivity contribution in [2.75, 3.05) is 11.9 Å². The highest BCUT2D eigenvalue weighted by Gasteiger charge is 2.05. The SMILES string of the molecule is CCCNc1nccn1Cc1cn[nH]c1C. The fourth-order valence-corrected chi connectivity index (χ4v) is 1.56. The van der Waals surface area contributed by atoms with E-state index in [1.54, 1.807) is 0 Å². The Morgan fingerprint density at radius 1 is 1.50 bits per heavy atom. The molecule has 0 amide bonds. The monoisotopic (exact) mass is 219 g/mol. The van der Waals surface area contributed by atoms with Crippen LogP contribution in [0.2, 0.25) is 0 Å². The van der Waals surface area contributed by atoms with Gasteiger partial charge in [0.25, 0.3) is 0 Å². The summed E-state index contributed by atoms with van der Waals surface area (Å²) < 4.78 is 2.09. The second-order valence-electron chi connectivity index (χ2n) is 3.83. The number of H-pyrrole nitrogens is 1. The molecule has 86 valence electrons. The lowest BCUT2D eigenvalue weighted by molar-refractivity contribution is 0.788. The number of hydrogen-bond acceptors (Lipinski definition) is 3. The molecule has 0 unspecified atom stereocenters. The molecule has 2 N–H and O–H groups in total. The van der Waals surface area contributed by atoms with Crippen LogP contribution < -0.4 is 5.32 Å². The van der Waals surface area contributed by atoms with Crippen LogP contribution in [0, 0.1) is 6.92 Å². The molecule has 0 aromatic carbocycles. The Balaban J connectivity index is 2.09. The highest BCUT2D eigenvalue weighted by atomic mass is 15.2. The van der Waals surface area contributed by atoms with Crippen molar-refractivity contribution in [3.63, 3.8) is 0 Å². The van der Waals surface area contributed by atoms with E-state index in [0.717, 1.165) is 31.2 Å². The number of aromatic nitrogens is 4. The second kappa shape index (κ2) is 4.83. The van der Waals surface area contributed by atoms with E-state index in [2.05, 4.69) is 32.0 Å². The summed E-state index contributed by atoms with van der Waals surface area (Å²) >= 11 is 0. The van der Waals surface area contributed by atoms with E-state index in [9.17, 15) is 0 Å². The summed E-state index contributed by atoms with van der Waals surface area (Å²) in [5, 5.41) is 10.3. The maximum atomic E-state index is 4.29. The van der Waals surface area contributed by atoms with Gasteiger partial charge in [-0.15, -0.1) is 0 Å². The molecule has 0 spiro atoms. The third kappa shape index (κ3) is 2.24. The molecule has 2 aromatic heterocycles. The van der Waals surface area contributed by atoms with Crippen molar-refractivity contribution in [3.05, 3.63) is 29.8 Å². The van der Waals surface area contributed by atoms with Crippen LogP contribution in [0.5, 0.6) is 0 Å². The molecule has 0 radical (unpaired) electrons. The van der Waals surface area contributed by atoms with Crippen molar-refractivity contribution in [3.8, 4) is 0 Å². The molecule has 0 aliphatic heterocycles. The lowest BCUT2D eigenvalue weighted by atomic mass is 10.2. The zero-order valence-electron chi connectivity index (χ0n) is 9.70. The minimum Gasteiger partial charge on any atom is -0.356 e. The normalized spacial score (nSPS) is 10.6. The Bertz CT molecular complexity index is 443. The zero-order chi connectivity index (χ0) is 11.4. The molecule has 2 aromatic rings. The van der Waals surface area contributed by atoms with Gasteiger partial charge in [0.15, 0.2) is 0 Å². The molecule has 0 fully saturated rings. The van der Waals surface area contributed by atoms with Crippen LogP contribution in [-0.4, -0.2) is 26.3 Å². The Morgan fingerprint density at radius 3 is 3.06 bits per heavy atom. The van der Waals surface area contributed by atoms with E-state index in [1.165, 1.54) is 5.56 Å². The molecule has 0 saturated heterocycles. The standard InChI is InChI=1S/C11H17N5/c1-3-4-12-11-13-5-6-16(11)8-10-7-14-15-9(10)2/h5-7H,3-4,8H2,1-2H3,(H,12,13)(H,14,15). The van der Waals surface area contributed by atoms with Crippen LogP contribution in [-0.2, 0) is 6.54 Å². The predicted octanol–water partition coefficient (Wildman–Crippen LogP) is 1.78. The highest BCUT2D eigenvalue weighted by Crippen LogP contribution is 2.10. The first kappa shape index (κ1) is 10.7. The van der Waals surface area contributed by atoms with E-state index in [1.807, 2.05) is 25.5 Å². The number of hydrogen-bond donors (Lipinski definition) is 2. The number of imidazole rings is 1. The molecule has 0 aliphatic rings. The van der Waals surface area contributed by atoms with Crippen molar-refractivity contribution in [1.82, 2.24) is 19.7 Å². The molecule has 0 atom stereocenters. The third-order valence-electron chi connectivity index (χ3n) is 2.52. The number of nitrogens with one attached hydrogen (secondary N) is 2. The van der Waals surface area contributed by atoms with Crippen LogP contribution in [0.25, 0.3) is 0 Å². The van der Waals surface area contributed by atoms with E-state index < -0.39 is 0 Å². The summed E-state index contributed by atoms with van der Waals surface area (Å²) in [6.07, 6.45) is 6.74. The lowest BCUT2D eigenvalue weighted by Gasteiger charge is -2.08. The maximum Gasteiger partial charge on any atom is 0.203 e. The molecule has 0 bridgehead atoms. The first-order valence-corrected chi connectivity index (χ1v) is 5.55. The highest BCUT2D eigenvalue weighted by molar-refractivity contribution is 5.28. The van der Waals surface area contributed by atoms with Crippen LogP contribution in [0.4, 0.5) is 5.95 Å². The van der Waals surface area contributed by atoms with E-state index in [4.69, 9.17) is 0 Å². The smallest absolute Gasteiger partial charge is 0.203 e. The number of aryl methyl sites for hydroxylation is 1. The second-order valence-corrected chi connectivity index (χ2v) is 3.83. The number of rotatable bonds is 5. The van der Waals surface area contributed by atoms with E-state index in [0.29, 0.717) is 0 Å². The summed E-state index contributed by atoms with van der Waals surface area (Å²) in [6, 6.07) is 0. The molecule has 0 saturated carbocycles. The maximum absolute atomic E-state index is 4.29. The van der Waals surface area contributed by atoms with Crippen LogP contribution in [0.15, 0.2) is 18.6 Å². The Labute approximate surface area is 94.9 Å². The Kier molecular flexibility index (Phi) is 3.24. The van der Waals surface area contributed by atoms with Gasteiger partial charge in [0.1, 0.15) is 0 Å². The summed E-state index contributed by atoms with van der Waals surface area (Å²) in [5.74, 6) is 0.919. The zero-order valence-corrected chi connectivity index (χ0v) is 9.70. The van der Waals surface area contributed by atoms with Gasteiger partial charge in [0, 0.05) is 30.2 Å². The molecule has 2 heterocycles. The Morgan fingerprint density at radius 2 is 2.38 bits per heavy atom. The molecule has 2 rings (SSSR count). The first-order valence-electron chi connectivity index (χ1n) is 5.55. The number of aromatic amines is 1. The fraction of sp³-hybridized carbons (Fsp3) is 0.455. The molecule has 5 heteroatoms. The van der Waals surface area contributed by atoms with Crippen molar-refractivity contribution in [2.45, 2.75) is 26.8 Å². The van der Waals surface area contributed by atoms with Gasteiger partial charge >= 0.3 is 0 Å². The summed E-state index contributed by atoms with van der Waals surface area (Å²) in [4.78, 5) is 4.29. The van der Waals surface area contributed by atoms with E-state index >= 15 is 0 Å². The van der Waals surface area contributed by atoms with Crippen LogP contribution in [0.3, 0.4) is 0 Å². The minimum atomic E-state index is 0.800. The molecule has 16 heavy (non-hydrogen) atoms. The van der Waals surface area contributed by atoms with Crippen molar-refractivity contribution in [1.29, 1.82) is 0 Å². The van der Waals surface area contributed by atoms with E-state index in [-0.39, 0.29) is 0 Å². The average Bonchev–Trinajstić information content (AvgIpc) is 2.87. The third-order valence-corrected chi connectivity index (χ3v) is 2.52. The van der Waals surface area contributed by atoms with Crippen molar-refractivity contribution >= 4 is 5.95 Å². The topological polar surface area (TPSA) is 58.5 Å². The number of nitrogens with zero attached hydrogens (tertiary/aromatic N) is 3. The van der Waals surface area contributed by atoms with Crippen molar-refractivity contribution in [2.24, 2.45) is 0 Å². The van der Waals surface area contributed by atoms with Crippen LogP contribution in [0.1, 0.15) is 24.6 Å². The molecule has 5 nitrogen and oxygen atoms in total. The van der Waals surface area contributed by atoms with Gasteiger partial charge in [-0.05, 0) is 13.3 Å². The molecular formula is C11H17N5. The molecular weight excluding hydrogens is 202 g/mol. The van der Waals surface area contributed by atoms with Gasteiger partial charge in [0.05, 0.1) is 12.7 Å². The van der Waals surface area contributed by atoms with Gasteiger partial charge in [-0.1, -0.05) is 6.92 Å². The van der Waals surface area contributed by atoms with Gasteiger partial charge in [-0.2, -0.15) is 5.10 Å². The summed E-state index contributed by atoms with van der Waals surface area (Å²) in [6.45, 7) is 5.91. The fourth-order valence-electron chi connectivity index (χ4n) is 1.56. The largest absolute Gasteiger partial charge is 0.356 e. The molecule has 0 aliphatic carbocycles. The quantitative estimate of drug-likeness (QED) is 0.806. The van der Waals surface area contributed by atoms with Crippen LogP contribution >= 0.6 is 0 Å². The summed E-state index contributed by atoms with van der Waals surface area (Å²) in [5.41, 5.74) is 2.30. The summed E-state index contributed by atoms with van der Waals surface area (Å²) in [7, 11) is 0. The average molecular weight is 219 g/mol. The Hall–Kier alpha value is -1.78. The van der Waals surface area contributed by atoms with Gasteiger partial charge < -0.3 is 9.88 Å².